The molecule has 1 aromatic heterocycles. The van der Waals surface area contributed by atoms with Crippen molar-refractivity contribution in [1.82, 2.24) is 15.5 Å². The number of amides is 1. The van der Waals surface area contributed by atoms with Gasteiger partial charge in [-0.05, 0) is 32.9 Å². The smallest absolute Gasteiger partial charge is 0.257 e. The van der Waals surface area contributed by atoms with Crippen LogP contribution in [0.25, 0.3) is 0 Å². The van der Waals surface area contributed by atoms with Gasteiger partial charge in [-0.15, -0.1) is 0 Å². The van der Waals surface area contributed by atoms with Crippen LogP contribution in [-0.2, 0) is 13.0 Å². The maximum atomic E-state index is 12.8. The fourth-order valence-corrected chi connectivity index (χ4v) is 3.03. The van der Waals surface area contributed by atoms with Crippen LogP contribution >= 0.6 is 0 Å². The average Bonchev–Trinajstić information content (AvgIpc) is 3.07. The third-order valence-electron chi connectivity index (χ3n) is 4.21. The van der Waals surface area contributed by atoms with E-state index in [0.29, 0.717) is 55.0 Å². The monoisotopic (exact) mass is 374 g/mol. The summed E-state index contributed by atoms with van der Waals surface area (Å²) in [6, 6.07) is 3.34. The standard InChI is InChI=1S/C19H26N4O4/c1-4-25-15-9-12(10-16(26-5-2)17(15)27-6-3)19(24)21-18-13-11-20-8-7-14(13)22-23-18/h9-10,20H,4-8,11H2,1-3H3,(H2,21,22,23,24). The van der Waals surface area contributed by atoms with Gasteiger partial charge in [0.2, 0.25) is 5.75 Å². The summed E-state index contributed by atoms with van der Waals surface area (Å²) in [5.74, 6) is 1.76. The Balaban J connectivity index is 1.90. The Morgan fingerprint density at radius 3 is 2.41 bits per heavy atom. The summed E-state index contributed by atoms with van der Waals surface area (Å²) in [6.07, 6.45) is 0.865. The Bertz CT molecular complexity index is 776. The lowest BCUT2D eigenvalue weighted by molar-refractivity contribution is 0.102. The average molecular weight is 374 g/mol. The first-order chi connectivity index (χ1) is 13.2. The van der Waals surface area contributed by atoms with E-state index in [1.165, 1.54) is 0 Å². The number of nitrogens with one attached hydrogen (secondary N) is 3. The molecule has 0 bridgehead atoms. The molecule has 1 aliphatic heterocycles. The molecule has 0 unspecified atom stereocenters. The number of hydrogen-bond acceptors (Lipinski definition) is 6. The molecule has 0 saturated heterocycles. The van der Waals surface area contributed by atoms with Gasteiger partial charge in [-0.1, -0.05) is 0 Å². The number of ether oxygens (including phenoxy) is 3. The fraction of sp³-hybridized carbons (Fsp3) is 0.474. The molecule has 0 atom stereocenters. The molecule has 0 radical (unpaired) electrons. The number of nitrogens with zero attached hydrogens (tertiary/aromatic N) is 1. The van der Waals surface area contributed by atoms with Crippen LogP contribution in [0.15, 0.2) is 12.1 Å². The van der Waals surface area contributed by atoms with Crippen LogP contribution < -0.4 is 24.8 Å². The second kappa shape index (κ2) is 8.77. The highest BCUT2D eigenvalue weighted by molar-refractivity contribution is 6.05. The van der Waals surface area contributed by atoms with Gasteiger partial charge in [-0.25, -0.2) is 0 Å². The van der Waals surface area contributed by atoms with Gasteiger partial charge < -0.3 is 24.8 Å². The minimum atomic E-state index is -0.278. The van der Waals surface area contributed by atoms with E-state index in [2.05, 4.69) is 20.8 Å². The van der Waals surface area contributed by atoms with Crippen molar-refractivity contribution in [3.63, 3.8) is 0 Å². The summed E-state index contributed by atoms with van der Waals surface area (Å²) >= 11 is 0. The second-order valence-electron chi connectivity index (χ2n) is 6.01. The molecule has 2 heterocycles. The van der Waals surface area contributed by atoms with Crippen LogP contribution in [0.2, 0.25) is 0 Å². The van der Waals surface area contributed by atoms with Crippen molar-refractivity contribution in [1.29, 1.82) is 0 Å². The van der Waals surface area contributed by atoms with Crippen molar-refractivity contribution in [2.45, 2.75) is 33.7 Å². The first-order valence-corrected chi connectivity index (χ1v) is 9.32. The lowest BCUT2D eigenvalue weighted by Crippen LogP contribution is -2.24. The van der Waals surface area contributed by atoms with E-state index in [1.54, 1.807) is 12.1 Å². The number of carbonyl (C=O) groups excluding carboxylic acids is 1. The van der Waals surface area contributed by atoms with Crippen molar-refractivity contribution < 1.29 is 19.0 Å². The van der Waals surface area contributed by atoms with Crippen LogP contribution in [0.1, 0.15) is 42.4 Å². The van der Waals surface area contributed by atoms with E-state index in [1.807, 2.05) is 20.8 Å². The van der Waals surface area contributed by atoms with Gasteiger partial charge in [0.25, 0.3) is 5.91 Å². The zero-order valence-electron chi connectivity index (χ0n) is 16.0. The second-order valence-corrected chi connectivity index (χ2v) is 6.01. The Kier molecular flexibility index (Phi) is 6.18. The molecule has 0 aliphatic carbocycles. The summed E-state index contributed by atoms with van der Waals surface area (Å²) in [7, 11) is 0. The number of aromatic nitrogens is 2. The number of aromatic amines is 1. The first-order valence-electron chi connectivity index (χ1n) is 9.32. The molecule has 8 nitrogen and oxygen atoms in total. The molecule has 1 aromatic carbocycles. The van der Waals surface area contributed by atoms with Gasteiger partial charge in [0.1, 0.15) is 0 Å². The molecule has 146 valence electrons. The minimum absolute atomic E-state index is 0.278. The predicted molar refractivity (Wildman–Crippen MR) is 102 cm³/mol. The van der Waals surface area contributed by atoms with Gasteiger partial charge in [-0.2, -0.15) is 5.10 Å². The highest BCUT2D eigenvalue weighted by Crippen LogP contribution is 2.39. The van der Waals surface area contributed by atoms with Crippen LogP contribution in [0.4, 0.5) is 5.82 Å². The Morgan fingerprint density at radius 2 is 1.78 bits per heavy atom. The van der Waals surface area contributed by atoms with Gasteiger partial charge >= 0.3 is 0 Å². The summed E-state index contributed by atoms with van der Waals surface area (Å²) in [4.78, 5) is 12.8. The maximum absolute atomic E-state index is 12.8. The van der Waals surface area contributed by atoms with Crippen LogP contribution in [-0.4, -0.2) is 42.5 Å². The summed E-state index contributed by atoms with van der Waals surface area (Å²) in [5.41, 5.74) is 2.47. The Labute approximate surface area is 158 Å². The van der Waals surface area contributed by atoms with Gasteiger partial charge in [-0.3, -0.25) is 9.89 Å². The lowest BCUT2D eigenvalue weighted by atomic mass is 10.1. The number of anilines is 1. The third kappa shape index (κ3) is 4.16. The summed E-state index contributed by atoms with van der Waals surface area (Å²) in [5, 5.41) is 13.4. The minimum Gasteiger partial charge on any atom is -0.490 e. The van der Waals surface area contributed by atoms with Crippen LogP contribution in [0.5, 0.6) is 17.2 Å². The van der Waals surface area contributed by atoms with Crippen molar-refractivity contribution in [3.8, 4) is 17.2 Å². The van der Waals surface area contributed by atoms with Crippen molar-refractivity contribution >= 4 is 11.7 Å². The lowest BCUT2D eigenvalue weighted by Gasteiger charge is -2.17. The Hall–Kier alpha value is -2.74. The van der Waals surface area contributed by atoms with E-state index in [9.17, 15) is 4.79 Å². The molecular formula is C19H26N4O4. The highest BCUT2D eigenvalue weighted by atomic mass is 16.5. The van der Waals surface area contributed by atoms with E-state index in [-0.39, 0.29) is 5.91 Å². The molecule has 0 spiro atoms. The molecule has 1 amide bonds. The summed E-state index contributed by atoms with van der Waals surface area (Å²) < 4.78 is 17.0. The quantitative estimate of drug-likeness (QED) is 0.657. The Morgan fingerprint density at radius 1 is 1.11 bits per heavy atom. The van der Waals surface area contributed by atoms with Crippen molar-refractivity contribution in [3.05, 3.63) is 29.0 Å². The number of carbonyl (C=O) groups is 1. The predicted octanol–water partition coefficient (Wildman–Crippen LogP) is 2.50. The number of rotatable bonds is 8. The van der Waals surface area contributed by atoms with Crippen LogP contribution in [0, 0.1) is 0 Å². The molecule has 3 N–H and O–H groups in total. The molecule has 2 aromatic rings. The normalized spacial score (nSPS) is 13.0. The number of fused-ring (bicyclic) bond motifs is 1. The topological polar surface area (TPSA) is 97.5 Å². The van der Waals surface area contributed by atoms with Gasteiger partial charge in [0.05, 0.1) is 19.8 Å². The molecular weight excluding hydrogens is 348 g/mol. The van der Waals surface area contributed by atoms with E-state index < -0.39 is 0 Å². The maximum Gasteiger partial charge on any atom is 0.257 e. The largest absolute Gasteiger partial charge is 0.490 e. The van der Waals surface area contributed by atoms with Crippen molar-refractivity contribution in [2.75, 3.05) is 31.7 Å². The SMILES string of the molecule is CCOc1cc(C(=O)Nc2n[nH]c3c2CNCC3)cc(OCC)c1OCC. The highest BCUT2D eigenvalue weighted by Gasteiger charge is 2.21. The van der Waals surface area contributed by atoms with E-state index in [0.717, 1.165) is 24.2 Å². The van der Waals surface area contributed by atoms with Gasteiger partial charge in [0, 0.05) is 36.3 Å². The molecule has 0 fully saturated rings. The van der Waals surface area contributed by atoms with E-state index in [4.69, 9.17) is 14.2 Å². The zero-order valence-corrected chi connectivity index (χ0v) is 16.0. The molecule has 27 heavy (non-hydrogen) atoms. The molecule has 1 aliphatic rings. The van der Waals surface area contributed by atoms with Crippen molar-refractivity contribution in [2.24, 2.45) is 0 Å². The van der Waals surface area contributed by atoms with E-state index >= 15 is 0 Å². The number of H-pyrrole nitrogens is 1. The summed E-state index contributed by atoms with van der Waals surface area (Å²) in [6.45, 7) is 8.61. The molecule has 3 rings (SSSR count). The first kappa shape index (κ1) is 19.0. The zero-order chi connectivity index (χ0) is 19.2. The molecule has 8 heteroatoms. The molecule has 0 saturated carbocycles. The van der Waals surface area contributed by atoms with Crippen LogP contribution in [0.3, 0.4) is 0 Å². The fourth-order valence-electron chi connectivity index (χ4n) is 3.03. The number of benzene rings is 1. The van der Waals surface area contributed by atoms with Gasteiger partial charge in [0.15, 0.2) is 17.3 Å². The number of hydrogen-bond donors (Lipinski definition) is 3. The third-order valence-corrected chi connectivity index (χ3v) is 4.21.